The Balaban J connectivity index is 1.57. The minimum Gasteiger partial charge on any atom is -0.492 e. The minimum absolute atomic E-state index is 0.0676. The van der Waals surface area contributed by atoms with Gasteiger partial charge in [0.15, 0.2) is 0 Å². The standard InChI is InChI=1S/C23H29NO5/c1-3-15(25)11-24-20(26)10-17-13(2)21-19(29-23(17)27)9-8-16-18(12-28-22(16)21)14-6-4-5-7-14/h8-9,12,14-16,22,25H,3-7,10-11H2,1-2H3,(H,24,26). The number of aliphatic hydroxyl groups excluding tert-OH is 1. The molecule has 3 aliphatic rings. The quantitative estimate of drug-likeness (QED) is 0.767. The monoisotopic (exact) mass is 399 g/mol. The van der Waals surface area contributed by atoms with Gasteiger partial charge in [-0.3, -0.25) is 4.79 Å². The number of nitrogens with one attached hydrogen (secondary N) is 1. The predicted octanol–water partition coefficient (Wildman–Crippen LogP) is 3.17. The van der Waals surface area contributed by atoms with Gasteiger partial charge in [0.1, 0.15) is 11.9 Å². The van der Waals surface area contributed by atoms with Crippen LogP contribution in [0.25, 0.3) is 6.08 Å². The maximum Gasteiger partial charge on any atom is 0.340 e. The number of fused-ring (bicyclic) bond motifs is 3. The fraction of sp³-hybridized carbons (Fsp3) is 0.565. The van der Waals surface area contributed by atoms with Gasteiger partial charge in [0.05, 0.1) is 24.4 Å². The molecule has 3 atom stereocenters. The van der Waals surface area contributed by atoms with Crippen molar-refractivity contribution in [1.29, 1.82) is 0 Å². The van der Waals surface area contributed by atoms with E-state index < -0.39 is 11.7 Å². The molecule has 3 unspecified atom stereocenters. The van der Waals surface area contributed by atoms with E-state index in [9.17, 15) is 14.7 Å². The first-order chi connectivity index (χ1) is 14.0. The molecule has 6 nitrogen and oxygen atoms in total. The van der Waals surface area contributed by atoms with Crippen LogP contribution in [0, 0.1) is 18.8 Å². The molecule has 1 amide bonds. The Kier molecular flexibility index (Phi) is 5.63. The largest absolute Gasteiger partial charge is 0.492 e. The van der Waals surface area contributed by atoms with Crippen LogP contribution >= 0.6 is 0 Å². The van der Waals surface area contributed by atoms with Crippen molar-refractivity contribution in [1.82, 2.24) is 5.32 Å². The van der Waals surface area contributed by atoms with Gasteiger partial charge in [0.2, 0.25) is 5.91 Å². The molecule has 0 radical (unpaired) electrons. The van der Waals surface area contributed by atoms with Gasteiger partial charge in [-0.2, -0.15) is 0 Å². The lowest BCUT2D eigenvalue weighted by atomic mass is 9.79. The molecule has 6 heteroatoms. The zero-order chi connectivity index (χ0) is 20.5. The first-order valence-corrected chi connectivity index (χ1v) is 10.6. The maximum absolute atomic E-state index is 12.5. The topological polar surface area (TPSA) is 88.8 Å². The average Bonchev–Trinajstić information content (AvgIpc) is 3.38. The van der Waals surface area contributed by atoms with Gasteiger partial charge in [-0.05, 0) is 49.3 Å². The van der Waals surface area contributed by atoms with Crippen LogP contribution in [-0.2, 0) is 16.0 Å². The van der Waals surface area contributed by atoms with Gasteiger partial charge in [0.25, 0.3) is 0 Å². The van der Waals surface area contributed by atoms with E-state index in [-0.39, 0.29) is 30.9 Å². The van der Waals surface area contributed by atoms with Crippen LogP contribution in [0.3, 0.4) is 0 Å². The molecule has 0 spiro atoms. The van der Waals surface area contributed by atoms with E-state index in [4.69, 9.17) is 9.15 Å². The van der Waals surface area contributed by atoms with Crippen molar-refractivity contribution >= 4 is 12.0 Å². The molecular formula is C23H29NO5. The Bertz CT molecular complexity index is 907. The summed E-state index contributed by atoms with van der Waals surface area (Å²) in [5.41, 5.74) is 2.85. The summed E-state index contributed by atoms with van der Waals surface area (Å²) >= 11 is 0. The van der Waals surface area contributed by atoms with Gasteiger partial charge in [-0.15, -0.1) is 0 Å². The van der Waals surface area contributed by atoms with Gasteiger partial charge in [-0.25, -0.2) is 4.79 Å². The number of carbonyl (C=O) groups is 1. The number of amides is 1. The summed E-state index contributed by atoms with van der Waals surface area (Å²) in [6.07, 6.45) is 10.5. The summed E-state index contributed by atoms with van der Waals surface area (Å²) in [7, 11) is 0. The highest BCUT2D eigenvalue weighted by Crippen LogP contribution is 2.49. The molecule has 0 saturated heterocycles. The molecule has 2 heterocycles. The molecule has 1 aliphatic heterocycles. The third kappa shape index (κ3) is 3.78. The van der Waals surface area contributed by atoms with Crippen molar-refractivity contribution in [3.63, 3.8) is 0 Å². The average molecular weight is 399 g/mol. The predicted molar refractivity (Wildman–Crippen MR) is 109 cm³/mol. The van der Waals surface area contributed by atoms with E-state index in [1.165, 1.54) is 31.3 Å². The second-order valence-electron chi connectivity index (χ2n) is 8.35. The van der Waals surface area contributed by atoms with Gasteiger partial charge in [-0.1, -0.05) is 25.8 Å². The molecule has 2 N–H and O–H groups in total. The van der Waals surface area contributed by atoms with Crippen LogP contribution in [0.2, 0.25) is 0 Å². The molecule has 156 valence electrons. The number of aliphatic hydroxyl groups is 1. The van der Waals surface area contributed by atoms with E-state index >= 15 is 0 Å². The molecule has 29 heavy (non-hydrogen) atoms. The Morgan fingerprint density at radius 2 is 2.10 bits per heavy atom. The summed E-state index contributed by atoms with van der Waals surface area (Å²) in [4.78, 5) is 24.8. The van der Waals surface area contributed by atoms with Crippen LogP contribution in [-0.4, -0.2) is 23.7 Å². The highest BCUT2D eigenvalue weighted by Gasteiger charge is 2.40. The SMILES string of the molecule is CCC(O)CNC(=O)Cc1c(C)c2c(oc1=O)C=CC1C(C3CCCC3)=COC21. The maximum atomic E-state index is 12.5. The summed E-state index contributed by atoms with van der Waals surface area (Å²) < 4.78 is 11.6. The summed E-state index contributed by atoms with van der Waals surface area (Å²) in [6, 6.07) is 0. The Hall–Kier alpha value is -2.34. The molecule has 1 fully saturated rings. The second kappa shape index (κ2) is 8.19. The van der Waals surface area contributed by atoms with Crippen LogP contribution in [0.4, 0.5) is 0 Å². The third-order valence-corrected chi connectivity index (χ3v) is 6.54. The first-order valence-electron chi connectivity index (χ1n) is 10.6. The molecule has 1 saturated carbocycles. The van der Waals surface area contributed by atoms with Gasteiger partial charge in [0, 0.05) is 18.0 Å². The van der Waals surface area contributed by atoms with E-state index in [2.05, 4.69) is 11.4 Å². The van der Waals surface area contributed by atoms with Gasteiger partial charge < -0.3 is 19.6 Å². The molecular weight excluding hydrogens is 370 g/mol. The highest BCUT2D eigenvalue weighted by atomic mass is 16.5. The van der Waals surface area contributed by atoms with Crippen LogP contribution in [0.15, 0.2) is 27.1 Å². The Morgan fingerprint density at radius 1 is 1.34 bits per heavy atom. The fourth-order valence-electron chi connectivity index (χ4n) is 4.77. The second-order valence-corrected chi connectivity index (χ2v) is 8.35. The number of ether oxygens (including phenoxy) is 1. The number of hydrogen-bond donors (Lipinski definition) is 2. The van der Waals surface area contributed by atoms with E-state index in [0.29, 0.717) is 23.7 Å². The Morgan fingerprint density at radius 3 is 2.83 bits per heavy atom. The molecule has 0 aromatic carbocycles. The van der Waals surface area contributed by atoms with Crippen molar-refractivity contribution in [2.75, 3.05) is 6.54 Å². The molecule has 1 aromatic rings. The molecule has 4 rings (SSSR count). The first kappa shape index (κ1) is 20.0. The fourth-order valence-corrected chi connectivity index (χ4v) is 4.77. The van der Waals surface area contributed by atoms with E-state index in [1.807, 2.05) is 26.2 Å². The number of rotatable bonds is 6. The van der Waals surface area contributed by atoms with Crippen LogP contribution in [0.1, 0.15) is 67.6 Å². The lowest BCUT2D eigenvalue weighted by molar-refractivity contribution is -0.120. The van der Waals surface area contributed by atoms with E-state index in [1.54, 1.807) is 0 Å². The zero-order valence-electron chi connectivity index (χ0n) is 17.1. The lowest BCUT2D eigenvalue weighted by Gasteiger charge is -2.27. The lowest BCUT2D eigenvalue weighted by Crippen LogP contribution is -2.34. The van der Waals surface area contributed by atoms with Crippen molar-refractivity contribution in [3.8, 4) is 0 Å². The summed E-state index contributed by atoms with van der Waals surface area (Å²) in [5, 5.41) is 12.3. The van der Waals surface area contributed by atoms with Crippen molar-refractivity contribution < 1.29 is 19.1 Å². The molecule has 2 aliphatic carbocycles. The van der Waals surface area contributed by atoms with Gasteiger partial charge >= 0.3 is 5.63 Å². The smallest absolute Gasteiger partial charge is 0.340 e. The third-order valence-electron chi connectivity index (χ3n) is 6.54. The zero-order valence-corrected chi connectivity index (χ0v) is 17.1. The number of hydrogen-bond acceptors (Lipinski definition) is 5. The van der Waals surface area contributed by atoms with Crippen molar-refractivity contribution in [2.24, 2.45) is 11.8 Å². The minimum atomic E-state index is -0.585. The van der Waals surface area contributed by atoms with Crippen molar-refractivity contribution in [2.45, 2.75) is 64.6 Å². The molecule has 0 bridgehead atoms. The highest BCUT2D eigenvalue weighted by molar-refractivity contribution is 5.79. The Labute approximate surface area is 170 Å². The van der Waals surface area contributed by atoms with Crippen molar-refractivity contribution in [3.05, 3.63) is 50.8 Å². The van der Waals surface area contributed by atoms with Crippen LogP contribution < -0.4 is 10.9 Å². The van der Waals surface area contributed by atoms with E-state index in [0.717, 1.165) is 11.1 Å². The van der Waals surface area contributed by atoms with Crippen LogP contribution in [0.5, 0.6) is 0 Å². The molecule has 1 aromatic heterocycles. The normalized spacial score (nSPS) is 23.9. The number of carbonyl (C=O) groups excluding carboxylic acids is 1. The summed E-state index contributed by atoms with van der Waals surface area (Å²) in [5.74, 6) is 0.967. The summed E-state index contributed by atoms with van der Waals surface area (Å²) in [6.45, 7) is 3.89.